The Morgan fingerprint density at radius 3 is 2.50 bits per heavy atom. The number of nitrogens with one attached hydrogen (secondary N) is 1. The summed E-state index contributed by atoms with van der Waals surface area (Å²) in [7, 11) is 1.99. The van der Waals surface area contributed by atoms with Crippen LogP contribution >= 0.6 is 0 Å². The van der Waals surface area contributed by atoms with Crippen LogP contribution in [0, 0.1) is 5.92 Å². The zero-order valence-electron chi connectivity index (χ0n) is 8.82. The van der Waals surface area contributed by atoms with Crippen LogP contribution in [-0.2, 0) is 0 Å². The molecule has 0 aromatic heterocycles. The van der Waals surface area contributed by atoms with Gasteiger partial charge in [0.25, 0.3) is 0 Å². The molecule has 72 valence electrons. The zero-order chi connectivity index (χ0) is 9.40. The maximum absolute atomic E-state index is 4.05. The van der Waals surface area contributed by atoms with E-state index in [1.807, 2.05) is 7.05 Å². The van der Waals surface area contributed by atoms with Gasteiger partial charge in [0.05, 0.1) is 0 Å². The molecule has 0 heterocycles. The number of hydrogen-bond acceptors (Lipinski definition) is 1. The lowest BCUT2D eigenvalue weighted by Gasteiger charge is -2.06. The van der Waals surface area contributed by atoms with Gasteiger partial charge in [0.2, 0.25) is 0 Å². The van der Waals surface area contributed by atoms with Crippen LogP contribution < -0.4 is 5.32 Å². The van der Waals surface area contributed by atoms with E-state index in [1.54, 1.807) is 0 Å². The van der Waals surface area contributed by atoms with E-state index in [0.717, 1.165) is 18.9 Å². The average Bonchev–Trinajstić information content (AvgIpc) is 2.00. The van der Waals surface area contributed by atoms with Crippen LogP contribution in [-0.4, -0.2) is 13.6 Å². The Kier molecular flexibility index (Phi) is 7.17. The fourth-order valence-electron chi connectivity index (χ4n) is 1.19. The van der Waals surface area contributed by atoms with Crippen LogP contribution in [0.4, 0.5) is 0 Å². The smallest absolute Gasteiger partial charge is 0.00147 e. The van der Waals surface area contributed by atoms with E-state index in [2.05, 4.69) is 25.7 Å². The molecule has 1 heteroatoms. The number of rotatable bonds is 7. The van der Waals surface area contributed by atoms with Crippen molar-refractivity contribution in [2.45, 2.75) is 39.5 Å². The highest BCUT2D eigenvalue weighted by molar-refractivity contribution is 4.94. The second kappa shape index (κ2) is 7.35. The fourth-order valence-corrected chi connectivity index (χ4v) is 1.19. The summed E-state index contributed by atoms with van der Waals surface area (Å²) in [5, 5.41) is 3.14. The molecule has 0 unspecified atom stereocenters. The highest BCUT2D eigenvalue weighted by Gasteiger charge is 1.96. The molecule has 0 atom stereocenters. The molecule has 0 radical (unpaired) electrons. The van der Waals surface area contributed by atoms with Crippen molar-refractivity contribution in [3.05, 3.63) is 12.2 Å². The van der Waals surface area contributed by atoms with Crippen LogP contribution in [0.3, 0.4) is 0 Å². The minimum Gasteiger partial charge on any atom is -0.319 e. The predicted molar refractivity (Wildman–Crippen MR) is 56.4 cm³/mol. The topological polar surface area (TPSA) is 12.0 Å². The van der Waals surface area contributed by atoms with Crippen molar-refractivity contribution in [3.63, 3.8) is 0 Å². The van der Waals surface area contributed by atoms with E-state index in [4.69, 9.17) is 0 Å². The molecule has 1 nitrogen and oxygen atoms in total. The van der Waals surface area contributed by atoms with E-state index in [0.29, 0.717) is 0 Å². The van der Waals surface area contributed by atoms with Gasteiger partial charge in [-0.25, -0.2) is 0 Å². The van der Waals surface area contributed by atoms with Gasteiger partial charge < -0.3 is 5.32 Å². The summed E-state index contributed by atoms with van der Waals surface area (Å²) in [4.78, 5) is 0. The standard InChI is InChI=1S/C11H23N/c1-10(2)6-5-7-11(3)8-9-12-4/h10,12H,3,5-9H2,1-2,4H3. The minimum atomic E-state index is 0.835. The molecule has 0 bridgehead atoms. The molecule has 0 aliphatic carbocycles. The Labute approximate surface area is 77.2 Å². The molecule has 0 saturated carbocycles. The maximum atomic E-state index is 4.05. The predicted octanol–water partition coefficient (Wildman–Crippen LogP) is 2.98. The zero-order valence-corrected chi connectivity index (χ0v) is 8.82. The molecular formula is C11H23N. The first kappa shape index (κ1) is 11.7. The van der Waals surface area contributed by atoms with Crippen LogP contribution in [0.25, 0.3) is 0 Å². The normalized spacial score (nSPS) is 10.7. The van der Waals surface area contributed by atoms with Gasteiger partial charge in [-0.2, -0.15) is 0 Å². The van der Waals surface area contributed by atoms with Gasteiger partial charge in [0.1, 0.15) is 0 Å². The molecular weight excluding hydrogens is 146 g/mol. The Hall–Kier alpha value is -0.300. The lowest BCUT2D eigenvalue weighted by Crippen LogP contribution is -2.08. The van der Waals surface area contributed by atoms with Crippen LogP contribution in [0.5, 0.6) is 0 Å². The van der Waals surface area contributed by atoms with E-state index in [1.165, 1.54) is 24.8 Å². The molecule has 0 aromatic carbocycles. The molecule has 0 fully saturated rings. The second-order valence-corrected chi connectivity index (χ2v) is 3.89. The van der Waals surface area contributed by atoms with E-state index in [9.17, 15) is 0 Å². The summed E-state index contributed by atoms with van der Waals surface area (Å²) in [5.41, 5.74) is 1.39. The fraction of sp³-hybridized carbons (Fsp3) is 0.818. The van der Waals surface area contributed by atoms with Crippen molar-refractivity contribution in [2.75, 3.05) is 13.6 Å². The Morgan fingerprint density at radius 2 is 2.00 bits per heavy atom. The molecule has 0 saturated heterocycles. The van der Waals surface area contributed by atoms with Crippen molar-refractivity contribution in [1.82, 2.24) is 5.32 Å². The lowest BCUT2D eigenvalue weighted by atomic mass is 10.0. The molecule has 0 aliphatic heterocycles. The molecule has 0 amide bonds. The first-order valence-corrected chi connectivity index (χ1v) is 4.98. The van der Waals surface area contributed by atoms with Gasteiger partial charge in [-0.3, -0.25) is 0 Å². The van der Waals surface area contributed by atoms with Crippen LogP contribution in [0.15, 0.2) is 12.2 Å². The monoisotopic (exact) mass is 169 g/mol. The van der Waals surface area contributed by atoms with Crippen LogP contribution in [0.1, 0.15) is 39.5 Å². The van der Waals surface area contributed by atoms with Crippen molar-refractivity contribution in [1.29, 1.82) is 0 Å². The van der Waals surface area contributed by atoms with Crippen molar-refractivity contribution >= 4 is 0 Å². The van der Waals surface area contributed by atoms with Crippen molar-refractivity contribution in [2.24, 2.45) is 5.92 Å². The minimum absolute atomic E-state index is 0.835. The summed E-state index contributed by atoms with van der Waals surface area (Å²) in [6, 6.07) is 0. The third-order valence-electron chi connectivity index (χ3n) is 2.04. The average molecular weight is 169 g/mol. The molecule has 0 aromatic rings. The van der Waals surface area contributed by atoms with Crippen molar-refractivity contribution in [3.8, 4) is 0 Å². The van der Waals surface area contributed by atoms with Gasteiger partial charge in [0, 0.05) is 0 Å². The molecule has 0 rings (SSSR count). The van der Waals surface area contributed by atoms with Gasteiger partial charge in [-0.15, -0.1) is 0 Å². The highest BCUT2D eigenvalue weighted by atomic mass is 14.8. The van der Waals surface area contributed by atoms with Gasteiger partial charge in [-0.05, 0) is 38.8 Å². The largest absolute Gasteiger partial charge is 0.319 e. The van der Waals surface area contributed by atoms with Gasteiger partial charge in [0.15, 0.2) is 0 Å². The van der Waals surface area contributed by atoms with E-state index < -0.39 is 0 Å². The van der Waals surface area contributed by atoms with Crippen molar-refractivity contribution < 1.29 is 0 Å². The summed E-state index contributed by atoms with van der Waals surface area (Å²) in [5.74, 6) is 0.835. The van der Waals surface area contributed by atoms with E-state index >= 15 is 0 Å². The molecule has 12 heavy (non-hydrogen) atoms. The third-order valence-corrected chi connectivity index (χ3v) is 2.04. The SMILES string of the molecule is C=C(CCCC(C)C)CCNC. The Bertz CT molecular complexity index is 116. The Morgan fingerprint density at radius 1 is 1.33 bits per heavy atom. The maximum Gasteiger partial charge on any atom is -0.00147 e. The summed E-state index contributed by atoms with van der Waals surface area (Å²) in [6.45, 7) is 9.67. The lowest BCUT2D eigenvalue weighted by molar-refractivity contribution is 0.550. The summed E-state index contributed by atoms with van der Waals surface area (Å²) < 4.78 is 0. The summed E-state index contributed by atoms with van der Waals surface area (Å²) >= 11 is 0. The highest BCUT2D eigenvalue weighted by Crippen LogP contribution is 2.12. The van der Waals surface area contributed by atoms with Crippen LogP contribution in [0.2, 0.25) is 0 Å². The summed E-state index contributed by atoms with van der Waals surface area (Å²) in [6.07, 6.45) is 4.98. The molecule has 0 spiro atoms. The van der Waals surface area contributed by atoms with Gasteiger partial charge in [-0.1, -0.05) is 32.4 Å². The number of hydrogen-bond donors (Lipinski definition) is 1. The molecule has 0 aliphatic rings. The third kappa shape index (κ3) is 7.80. The van der Waals surface area contributed by atoms with E-state index in [-0.39, 0.29) is 0 Å². The Balaban J connectivity index is 3.20. The second-order valence-electron chi connectivity index (χ2n) is 3.89. The quantitative estimate of drug-likeness (QED) is 0.578. The first-order valence-electron chi connectivity index (χ1n) is 4.98. The first-order chi connectivity index (χ1) is 5.66. The van der Waals surface area contributed by atoms with Gasteiger partial charge >= 0.3 is 0 Å². The molecule has 1 N–H and O–H groups in total.